The van der Waals surface area contributed by atoms with Crippen LogP contribution in [0.5, 0.6) is 0 Å². The molecule has 5 atom stereocenters. The van der Waals surface area contributed by atoms with Gasteiger partial charge in [-0.25, -0.2) is 4.52 Å². The number of Topliss-reactive ketones (excluding diaryl/α,β-unsaturated/α-hetero) is 1. The topological polar surface area (TPSA) is 137 Å². The van der Waals surface area contributed by atoms with E-state index >= 15 is 0 Å². The van der Waals surface area contributed by atoms with E-state index in [0.29, 0.717) is 0 Å². The zero-order valence-electron chi connectivity index (χ0n) is 7.72. The van der Waals surface area contributed by atoms with E-state index in [4.69, 9.17) is 0 Å². The smallest absolute Gasteiger partial charge is 0.273 e. The maximum Gasteiger partial charge on any atom is 0.273 e. The van der Waals surface area contributed by atoms with Crippen LogP contribution >= 0.6 is 17.3 Å². The van der Waals surface area contributed by atoms with Crippen molar-refractivity contribution in [1.29, 1.82) is 0 Å². The monoisotopic (exact) mass is 269 g/mol. The molecule has 0 aromatic heterocycles. The molecule has 1 fully saturated rings. The molecule has 10 heteroatoms. The van der Waals surface area contributed by atoms with Crippen molar-refractivity contribution in [3.05, 3.63) is 0 Å². The molecule has 5 unspecified atom stereocenters. The van der Waals surface area contributed by atoms with Gasteiger partial charge in [0.2, 0.25) is 14.1 Å². The minimum absolute atomic E-state index is 1.18. The molecule has 0 aromatic rings. The van der Waals surface area contributed by atoms with Crippen molar-refractivity contribution < 1.29 is 34.5 Å². The summed E-state index contributed by atoms with van der Waals surface area (Å²) in [5.74, 6) is -1.33. The van der Waals surface area contributed by atoms with Crippen molar-refractivity contribution in [2.45, 2.75) is 24.6 Å². The van der Waals surface area contributed by atoms with Crippen LogP contribution in [0.3, 0.4) is 0 Å². The van der Waals surface area contributed by atoms with E-state index in [-0.39, 0.29) is 0 Å². The molecule has 0 spiro atoms. The first-order valence-electron chi connectivity index (χ1n) is 4.05. The van der Waals surface area contributed by atoms with Crippen LogP contribution in [0.2, 0.25) is 0 Å². The molecule has 90 valence electrons. The molecule has 0 saturated carbocycles. The lowest BCUT2D eigenvalue weighted by molar-refractivity contribution is -0.174. The summed E-state index contributed by atoms with van der Waals surface area (Å²) in [6.45, 7) is 0. The Morgan fingerprint density at radius 1 is 1.19 bits per heavy atom. The predicted molar refractivity (Wildman–Crippen MR) is 52.8 cm³/mol. The van der Waals surface area contributed by atoms with E-state index < -0.39 is 44.2 Å². The summed E-state index contributed by atoms with van der Waals surface area (Å²) in [7, 11) is 0.234. The quantitative estimate of drug-likeness (QED) is 0.324. The van der Waals surface area contributed by atoms with Crippen LogP contribution in [-0.2, 0) is 14.1 Å². The maximum absolute atomic E-state index is 11.3. The van der Waals surface area contributed by atoms with E-state index in [2.05, 4.69) is 18.1 Å². The minimum atomic E-state index is -2.36. The van der Waals surface area contributed by atoms with Gasteiger partial charge >= 0.3 is 0 Å². The van der Waals surface area contributed by atoms with Crippen LogP contribution in [0.15, 0.2) is 4.52 Å². The summed E-state index contributed by atoms with van der Waals surface area (Å²) < 4.78 is 7.81. The Kier molecular flexibility index (Phi) is 4.58. The van der Waals surface area contributed by atoms with E-state index in [9.17, 15) is 30.0 Å². The molecule has 1 aliphatic rings. The lowest BCUT2D eigenvalue weighted by atomic mass is 10.0. The molecule has 16 heavy (non-hydrogen) atoms. The van der Waals surface area contributed by atoms with Crippen LogP contribution in [0, 0.1) is 0 Å². The highest BCUT2D eigenvalue weighted by molar-refractivity contribution is 7.73. The van der Waals surface area contributed by atoms with Gasteiger partial charge in [-0.2, -0.15) is 0 Å². The summed E-state index contributed by atoms with van der Waals surface area (Å²) in [6, 6.07) is 0. The largest absolute Gasteiger partial charge is 0.387 e. The van der Waals surface area contributed by atoms with Gasteiger partial charge in [0.05, 0.1) is 0 Å². The van der Waals surface area contributed by atoms with Gasteiger partial charge in [-0.1, -0.05) is 0 Å². The molecule has 0 radical (unpaired) electrons. The predicted octanol–water partition coefficient (Wildman–Crippen LogP) is -1.85. The van der Waals surface area contributed by atoms with Crippen LogP contribution in [0.1, 0.15) is 0 Å². The second-order valence-corrected chi connectivity index (χ2v) is 4.93. The Morgan fingerprint density at radius 3 is 2.25 bits per heavy atom. The zero-order chi connectivity index (χ0) is 12.5. The van der Waals surface area contributed by atoms with Gasteiger partial charge in [0, 0.05) is 0 Å². The third-order valence-electron chi connectivity index (χ3n) is 1.92. The van der Waals surface area contributed by atoms with Crippen molar-refractivity contribution >= 4 is 28.6 Å². The number of hydrogen-bond donors (Lipinski definition) is 4. The Balaban J connectivity index is 3.02. The first kappa shape index (κ1) is 13.7. The van der Waals surface area contributed by atoms with Crippen molar-refractivity contribution in [3.8, 4) is 0 Å². The number of rotatable bonds is 1. The van der Waals surface area contributed by atoms with Gasteiger partial charge in [0.1, 0.15) is 18.3 Å². The lowest BCUT2D eigenvalue weighted by Crippen LogP contribution is -2.51. The first-order valence-corrected chi connectivity index (χ1v) is 5.70. The summed E-state index contributed by atoms with van der Waals surface area (Å²) in [4.78, 5) is 22.5. The van der Waals surface area contributed by atoms with Gasteiger partial charge in [0.25, 0.3) is 5.52 Å². The van der Waals surface area contributed by atoms with Crippen LogP contribution < -0.4 is 0 Å². The lowest BCUT2D eigenvalue weighted by Gasteiger charge is -2.29. The first-order chi connectivity index (χ1) is 7.40. The van der Waals surface area contributed by atoms with Gasteiger partial charge in [-0.05, 0) is 9.03 Å². The van der Waals surface area contributed by atoms with Gasteiger partial charge in [-0.15, -0.1) is 0 Å². The Labute approximate surface area is 93.0 Å². The average molecular weight is 269 g/mol. The minimum Gasteiger partial charge on any atom is -0.387 e. The second-order valence-electron chi connectivity index (χ2n) is 2.96. The van der Waals surface area contributed by atoms with Crippen LogP contribution in [0.25, 0.3) is 0 Å². The Morgan fingerprint density at radius 2 is 1.75 bits per heavy atom. The molecule has 8 nitrogen and oxygen atoms in total. The summed E-state index contributed by atoms with van der Waals surface area (Å²) in [5.41, 5.74) is -1.18. The highest BCUT2D eigenvalue weighted by atomic mass is 31.2. The number of aliphatic hydroxyl groups excluding tert-OH is 4. The molecule has 1 heterocycles. The Hall–Kier alpha value is -0.330. The van der Waals surface area contributed by atoms with E-state index in [1.165, 1.54) is 0 Å². The maximum atomic E-state index is 11.3. The fourth-order valence-electron chi connectivity index (χ4n) is 1.01. The zero-order valence-corrected chi connectivity index (χ0v) is 9.61. The number of aliphatic hydroxyl groups is 4. The number of ketones is 1. The van der Waals surface area contributed by atoms with E-state index in [1.807, 2.05) is 0 Å². The number of carbonyl (C=O) groups is 2. The summed E-state index contributed by atoms with van der Waals surface area (Å²) >= 11 is 0. The number of nitrogens with zero attached hydrogens (tertiary/aromatic N) is 1. The highest BCUT2D eigenvalue weighted by Crippen LogP contribution is 2.44. The molecule has 4 N–H and O–H groups in total. The molecule has 0 aromatic carbocycles. The van der Waals surface area contributed by atoms with E-state index in [0.717, 1.165) is 0 Å². The molecule has 0 amide bonds. The van der Waals surface area contributed by atoms with Crippen LogP contribution in [-0.4, -0.2) is 56.3 Å². The van der Waals surface area contributed by atoms with Crippen molar-refractivity contribution in [1.82, 2.24) is 0 Å². The summed E-state index contributed by atoms with van der Waals surface area (Å²) in [6.07, 6.45) is -7.95. The third-order valence-corrected chi connectivity index (χ3v) is 3.63. The molecule has 1 aliphatic heterocycles. The number of hydrogen-bond acceptors (Lipinski definition) is 8. The SMILES string of the molecule is O=C1C(=O)P(N=P)OC(O)C(O)C(O)C1O. The molecular formula is C6H9NO7P2. The fraction of sp³-hybridized carbons (Fsp3) is 0.667. The molecule has 0 bridgehead atoms. The van der Waals surface area contributed by atoms with Gasteiger partial charge < -0.3 is 20.4 Å². The molecule has 1 rings (SSSR count). The molecule has 1 saturated heterocycles. The molecule has 0 aliphatic carbocycles. The van der Waals surface area contributed by atoms with Gasteiger partial charge in [0.15, 0.2) is 6.29 Å². The fourth-order valence-corrected chi connectivity index (χ4v) is 2.31. The summed E-state index contributed by atoms with van der Waals surface area (Å²) in [5, 5.41) is 36.9. The normalized spacial score (nSPS) is 41.4. The standard InChI is InChI=1S/C6H9NO7P2/c8-1-2(9)4(11)6(13)16(7-15)14-5(12)3(1)10/h1-3,5,8-10,12,15H. The van der Waals surface area contributed by atoms with Crippen molar-refractivity contribution in [2.75, 3.05) is 0 Å². The number of carbonyl (C=O) groups excluding carboxylic acids is 2. The Bertz CT molecular complexity index is 324. The van der Waals surface area contributed by atoms with Crippen molar-refractivity contribution in [2.24, 2.45) is 4.52 Å². The second kappa shape index (κ2) is 5.33. The van der Waals surface area contributed by atoms with E-state index in [1.54, 1.807) is 0 Å². The van der Waals surface area contributed by atoms with Crippen LogP contribution in [0.4, 0.5) is 0 Å². The van der Waals surface area contributed by atoms with Crippen molar-refractivity contribution in [3.63, 3.8) is 0 Å². The molecular weight excluding hydrogens is 260 g/mol. The van der Waals surface area contributed by atoms with Gasteiger partial charge in [-0.3, -0.25) is 14.1 Å². The highest BCUT2D eigenvalue weighted by Gasteiger charge is 2.44. The third kappa shape index (κ3) is 2.49. The average Bonchev–Trinajstić information content (AvgIpc) is 2.29.